The van der Waals surface area contributed by atoms with Gasteiger partial charge in [-0.2, -0.15) is 0 Å². The van der Waals surface area contributed by atoms with E-state index in [1.54, 1.807) is 0 Å². The third-order valence-electron chi connectivity index (χ3n) is 4.80. The molecule has 2 heteroatoms. The molecule has 1 N–H and O–H groups in total. The predicted octanol–water partition coefficient (Wildman–Crippen LogP) is 3.77. The van der Waals surface area contributed by atoms with Crippen molar-refractivity contribution in [1.82, 2.24) is 5.32 Å². The summed E-state index contributed by atoms with van der Waals surface area (Å²) in [7, 11) is 0. The van der Waals surface area contributed by atoms with Crippen molar-refractivity contribution >= 4 is 0 Å². The van der Waals surface area contributed by atoms with Crippen molar-refractivity contribution in [2.75, 3.05) is 13.2 Å². The fraction of sp³-hybridized carbons (Fsp3) is 0.647. The number of aryl methyl sites for hydroxylation is 1. The van der Waals surface area contributed by atoms with E-state index in [2.05, 4.69) is 37.4 Å². The Bertz CT molecular complexity index is 445. The van der Waals surface area contributed by atoms with E-state index >= 15 is 0 Å². The smallest absolute Gasteiger partial charge is 0.124 e. The topological polar surface area (TPSA) is 21.3 Å². The monoisotopic (exact) mass is 259 g/mol. The Morgan fingerprint density at radius 2 is 2.16 bits per heavy atom. The summed E-state index contributed by atoms with van der Waals surface area (Å²) in [6, 6.07) is 6.63. The van der Waals surface area contributed by atoms with Crippen LogP contribution in [0.4, 0.5) is 0 Å². The maximum atomic E-state index is 6.13. The zero-order valence-electron chi connectivity index (χ0n) is 12.2. The van der Waals surface area contributed by atoms with Crippen LogP contribution in [0.25, 0.3) is 0 Å². The molecule has 0 aromatic heterocycles. The Balaban J connectivity index is 1.81. The van der Waals surface area contributed by atoms with E-state index in [0.717, 1.165) is 24.8 Å². The highest BCUT2D eigenvalue weighted by atomic mass is 16.5. The minimum atomic E-state index is 0.0982. The summed E-state index contributed by atoms with van der Waals surface area (Å²) < 4.78 is 6.13. The quantitative estimate of drug-likeness (QED) is 0.888. The molecule has 1 unspecified atom stereocenters. The normalized spacial score (nSPS) is 27.3. The number of hydrogen-bond acceptors (Lipinski definition) is 2. The summed E-state index contributed by atoms with van der Waals surface area (Å²) in [5, 5.41) is 3.65. The standard InChI is InChI=1S/C17H25NO/c1-13-7-8-16(19-12-14-5-3-6-14)15(11-13)17(2)9-4-10-18-17/h7-8,11,14,18H,3-6,9-10,12H2,1-2H3. The van der Waals surface area contributed by atoms with Crippen LogP contribution in [-0.4, -0.2) is 13.2 Å². The fourth-order valence-corrected chi connectivity index (χ4v) is 3.19. The summed E-state index contributed by atoms with van der Waals surface area (Å²) in [6.07, 6.45) is 6.53. The molecular formula is C17H25NO. The van der Waals surface area contributed by atoms with Gasteiger partial charge in [0.2, 0.25) is 0 Å². The van der Waals surface area contributed by atoms with Gasteiger partial charge in [0.25, 0.3) is 0 Å². The Kier molecular flexibility index (Phi) is 3.53. The molecule has 1 aromatic rings. The van der Waals surface area contributed by atoms with Gasteiger partial charge in [-0.05, 0) is 58.1 Å². The molecule has 2 nitrogen and oxygen atoms in total. The number of nitrogens with one attached hydrogen (secondary N) is 1. The molecular weight excluding hydrogens is 234 g/mol. The van der Waals surface area contributed by atoms with Gasteiger partial charge in [0, 0.05) is 11.1 Å². The van der Waals surface area contributed by atoms with Gasteiger partial charge in [-0.1, -0.05) is 24.1 Å². The van der Waals surface area contributed by atoms with E-state index in [4.69, 9.17) is 4.74 Å². The van der Waals surface area contributed by atoms with Crippen molar-refractivity contribution in [1.29, 1.82) is 0 Å². The summed E-state index contributed by atoms with van der Waals surface area (Å²) in [5.41, 5.74) is 2.77. The van der Waals surface area contributed by atoms with Gasteiger partial charge in [-0.25, -0.2) is 0 Å². The maximum Gasteiger partial charge on any atom is 0.124 e. The third-order valence-corrected chi connectivity index (χ3v) is 4.80. The Labute approximate surface area is 116 Å². The molecule has 1 aliphatic heterocycles. The lowest BCUT2D eigenvalue weighted by molar-refractivity contribution is 0.177. The van der Waals surface area contributed by atoms with Gasteiger partial charge in [-0.15, -0.1) is 0 Å². The summed E-state index contributed by atoms with van der Waals surface area (Å²) >= 11 is 0. The molecule has 104 valence electrons. The minimum absolute atomic E-state index is 0.0982. The lowest BCUT2D eigenvalue weighted by Crippen LogP contribution is -2.34. The number of hydrogen-bond donors (Lipinski definition) is 1. The first-order valence-corrected chi connectivity index (χ1v) is 7.66. The van der Waals surface area contributed by atoms with Crippen LogP contribution in [0.2, 0.25) is 0 Å². The van der Waals surface area contributed by atoms with Gasteiger partial charge >= 0.3 is 0 Å². The second kappa shape index (κ2) is 5.16. The van der Waals surface area contributed by atoms with Crippen LogP contribution < -0.4 is 10.1 Å². The molecule has 0 bridgehead atoms. The van der Waals surface area contributed by atoms with Gasteiger partial charge in [-0.3, -0.25) is 0 Å². The van der Waals surface area contributed by atoms with Crippen molar-refractivity contribution in [3.8, 4) is 5.75 Å². The lowest BCUT2D eigenvalue weighted by atomic mass is 9.86. The van der Waals surface area contributed by atoms with E-state index in [1.165, 1.54) is 43.2 Å². The fourth-order valence-electron chi connectivity index (χ4n) is 3.19. The molecule has 3 rings (SSSR count). The van der Waals surface area contributed by atoms with Crippen molar-refractivity contribution < 1.29 is 4.74 Å². The molecule has 0 spiro atoms. The van der Waals surface area contributed by atoms with Gasteiger partial charge in [0.15, 0.2) is 0 Å². The molecule has 1 aliphatic carbocycles. The Hall–Kier alpha value is -1.02. The molecule has 19 heavy (non-hydrogen) atoms. The summed E-state index contributed by atoms with van der Waals surface area (Å²) in [6.45, 7) is 6.49. The highest BCUT2D eigenvalue weighted by molar-refractivity contribution is 5.42. The Morgan fingerprint density at radius 1 is 1.32 bits per heavy atom. The van der Waals surface area contributed by atoms with E-state index in [-0.39, 0.29) is 5.54 Å². The largest absolute Gasteiger partial charge is 0.493 e. The first kappa shape index (κ1) is 13.0. The van der Waals surface area contributed by atoms with Crippen LogP contribution >= 0.6 is 0 Å². The lowest BCUT2D eigenvalue weighted by Gasteiger charge is -2.30. The van der Waals surface area contributed by atoms with Gasteiger partial charge in [0.1, 0.15) is 5.75 Å². The molecule has 1 saturated heterocycles. The molecule has 2 aliphatic rings. The van der Waals surface area contributed by atoms with Crippen molar-refractivity contribution in [3.63, 3.8) is 0 Å². The van der Waals surface area contributed by atoms with Crippen LogP contribution in [0.3, 0.4) is 0 Å². The third kappa shape index (κ3) is 2.64. The van der Waals surface area contributed by atoms with Gasteiger partial charge < -0.3 is 10.1 Å². The summed E-state index contributed by atoms with van der Waals surface area (Å²) in [4.78, 5) is 0. The number of rotatable bonds is 4. The zero-order valence-corrected chi connectivity index (χ0v) is 12.2. The predicted molar refractivity (Wildman–Crippen MR) is 78.6 cm³/mol. The van der Waals surface area contributed by atoms with Crippen molar-refractivity contribution in [3.05, 3.63) is 29.3 Å². The van der Waals surface area contributed by atoms with E-state index in [1.807, 2.05) is 0 Å². The van der Waals surface area contributed by atoms with Crippen LogP contribution in [0.15, 0.2) is 18.2 Å². The SMILES string of the molecule is Cc1ccc(OCC2CCC2)c(C2(C)CCCN2)c1. The molecule has 2 fully saturated rings. The van der Waals surface area contributed by atoms with Crippen LogP contribution in [0, 0.1) is 12.8 Å². The first-order chi connectivity index (χ1) is 9.17. The number of ether oxygens (including phenoxy) is 1. The average Bonchev–Trinajstić information content (AvgIpc) is 2.77. The maximum absolute atomic E-state index is 6.13. The van der Waals surface area contributed by atoms with E-state index in [0.29, 0.717) is 0 Å². The zero-order chi connectivity index (χ0) is 13.3. The second-order valence-corrected chi connectivity index (χ2v) is 6.47. The van der Waals surface area contributed by atoms with Crippen LogP contribution in [0.1, 0.15) is 50.2 Å². The molecule has 0 radical (unpaired) electrons. The van der Waals surface area contributed by atoms with E-state index < -0.39 is 0 Å². The second-order valence-electron chi connectivity index (χ2n) is 6.47. The highest BCUT2D eigenvalue weighted by Gasteiger charge is 2.33. The average molecular weight is 259 g/mol. The molecule has 0 amide bonds. The van der Waals surface area contributed by atoms with Crippen LogP contribution in [-0.2, 0) is 5.54 Å². The summed E-state index contributed by atoms with van der Waals surface area (Å²) in [5.74, 6) is 1.88. The van der Waals surface area contributed by atoms with E-state index in [9.17, 15) is 0 Å². The minimum Gasteiger partial charge on any atom is -0.493 e. The van der Waals surface area contributed by atoms with Crippen molar-refractivity contribution in [2.45, 2.75) is 51.5 Å². The van der Waals surface area contributed by atoms with Crippen molar-refractivity contribution in [2.24, 2.45) is 5.92 Å². The molecule has 1 heterocycles. The first-order valence-electron chi connectivity index (χ1n) is 7.66. The number of benzene rings is 1. The highest BCUT2D eigenvalue weighted by Crippen LogP contribution is 2.37. The molecule has 1 aromatic carbocycles. The van der Waals surface area contributed by atoms with Gasteiger partial charge in [0.05, 0.1) is 6.61 Å². The molecule has 1 atom stereocenters. The Morgan fingerprint density at radius 3 is 2.79 bits per heavy atom. The van der Waals surface area contributed by atoms with Crippen LogP contribution in [0.5, 0.6) is 5.75 Å². The molecule has 1 saturated carbocycles.